The summed E-state index contributed by atoms with van der Waals surface area (Å²) in [4.78, 5) is 23.0. The van der Waals surface area contributed by atoms with Crippen molar-refractivity contribution in [3.05, 3.63) is 45.5 Å². The molecule has 0 aromatic heterocycles. The van der Waals surface area contributed by atoms with Crippen LogP contribution in [0.3, 0.4) is 0 Å². The number of carbonyl (C=O) groups is 2. The average molecular weight is 345 g/mol. The summed E-state index contributed by atoms with van der Waals surface area (Å²) in [6, 6.07) is 3.87. The zero-order valence-corrected chi connectivity index (χ0v) is 11.8. The first-order valence-electron chi connectivity index (χ1n) is 5.48. The Morgan fingerprint density at radius 2 is 2.15 bits per heavy atom. The largest absolute Gasteiger partial charge is 0.509 e. The summed E-state index contributed by atoms with van der Waals surface area (Å²) in [7, 11) is 1.29. The van der Waals surface area contributed by atoms with Crippen molar-refractivity contribution in [2.24, 2.45) is 0 Å². The third-order valence-electron chi connectivity index (χ3n) is 2.87. The summed E-state index contributed by atoms with van der Waals surface area (Å²) < 4.78 is 13.7. The number of aliphatic hydroxyl groups is 1. The molecule has 0 radical (unpaired) electrons. The Morgan fingerprint density at radius 1 is 1.50 bits per heavy atom. The topological polar surface area (TPSA) is 89.9 Å². The first-order valence-corrected chi connectivity index (χ1v) is 6.27. The van der Waals surface area contributed by atoms with E-state index < -0.39 is 35.1 Å². The lowest BCUT2D eigenvalue weighted by Gasteiger charge is -2.31. The van der Waals surface area contributed by atoms with Gasteiger partial charge in [-0.05, 0) is 33.6 Å². The molecule has 0 aliphatic carbocycles. The van der Waals surface area contributed by atoms with Crippen LogP contribution in [0, 0.1) is 5.82 Å². The molecule has 0 fully saturated rings. The zero-order valence-electron chi connectivity index (χ0n) is 10.2. The van der Waals surface area contributed by atoms with Gasteiger partial charge in [0.1, 0.15) is 17.5 Å². The Hall–Kier alpha value is -2.09. The van der Waals surface area contributed by atoms with Crippen LogP contribution < -0.4 is 5.43 Å². The molecular weight excluding hydrogens is 335 g/mol. The highest BCUT2D eigenvalue weighted by molar-refractivity contribution is 9.10. The van der Waals surface area contributed by atoms with Crippen molar-refractivity contribution in [2.75, 3.05) is 7.05 Å². The summed E-state index contributed by atoms with van der Waals surface area (Å²) >= 11 is 2.98. The maximum absolute atomic E-state index is 13.5. The smallest absolute Gasteiger partial charge is 0.357 e. The fraction of sp³-hybridized carbons (Fsp3) is 0.167. The Bertz CT molecular complexity index is 632. The molecule has 0 bridgehead atoms. The first-order chi connectivity index (χ1) is 9.32. The van der Waals surface area contributed by atoms with Crippen molar-refractivity contribution in [1.29, 1.82) is 0 Å². The Kier molecular flexibility index (Phi) is 3.67. The SMILES string of the molecule is CN1NC(=O)C(c2ccc(Br)c(F)c2)C(O)=C1C(=O)O. The molecule has 1 aromatic carbocycles. The van der Waals surface area contributed by atoms with E-state index in [-0.39, 0.29) is 10.0 Å². The number of hydrogen-bond donors (Lipinski definition) is 3. The molecule has 0 saturated carbocycles. The molecule has 0 spiro atoms. The fourth-order valence-corrected chi connectivity index (χ4v) is 2.22. The van der Waals surface area contributed by atoms with Crippen LogP contribution in [-0.4, -0.2) is 34.1 Å². The molecule has 1 aliphatic heterocycles. The van der Waals surface area contributed by atoms with Crippen LogP contribution in [0.5, 0.6) is 0 Å². The van der Waals surface area contributed by atoms with Crippen LogP contribution in [0.15, 0.2) is 34.1 Å². The van der Waals surface area contributed by atoms with Gasteiger partial charge in [-0.2, -0.15) is 0 Å². The van der Waals surface area contributed by atoms with Crippen LogP contribution >= 0.6 is 15.9 Å². The Balaban J connectivity index is 2.56. The summed E-state index contributed by atoms with van der Waals surface area (Å²) in [5.74, 6) is -4.55. The van der Waals surface area contributed by atoms with Crippen LogP contribution in [0.1, 0.15) is 11.5 Å². The van der Waals surface area contributed by atoms with Gasteiger partial charge in [-0.3, -0.25) is 15.2 Å². The van der Waals surface area contributed by atoms with Crippen molar-refractivity contribution in [2.45, 2.75) is 5.92 Å². The molecule has 1 unspecified atom stereocenters. The number of benzene rings is 1. The van der Waals surface area contributed by atoms with Gasteiger partial charge in [0, 0.05) is 7.05 Å². The summed E-state index contributed by atoms with van der Waals surface area (Å²) in [6.07, 6.45) is 0. The zero-order chi connectivity index (χ0) is 15.0. The molecule has 1 amide bonds. The predicted octanol–water partition coefficient (Wildman–Crippen LogP) is 1.50. The third-order valence-corrected chi connectivity index (χ3v) is 3.51. The van der Waals surface area contributed by atoms with Crippen molar-refractivity contribution < 1.29 is 24.2 Å². The van der Waals surface area contributed by atoms with E-state index in [2.05, 4.69) is 21.4 Å². The normalized spacial score (nSPS) is 19.1. The first kappa shape index (κ1) is 14.3. The Labute approximate surface area is 121 Å². The molecule has 106 valence electrons. The number of aliphatic carboxylic acids is 1. The lowest BCUT2D eigenvalue weighted by molar-refractivity contribution is -0.137. The van der Waals surface area contributed by atoms with Gasteiger partial charge >= 0.3 is 5.97 Å². The number of carboxylic acid groups (broad SMARTS) is 1. The molecule has 3 N–H and O–H groups in total. The molecule has 1 atom stereocenters. The lowest BCUT2D eigenvalue weighted by atomic mass is 9.93. The quantitative estimate of drug-likeness (QED) is 0.756. The maximum atomic E-state index is 13.5. The molecule has 1 aromatic rings. The van der Waals surface area contributed by atoms with Crippen LogP contribution in [-0.2, 0) is 9.59 Å². The highest BCUT2D eigenvalue weighted by atomic mass is 79.9. The molecular formula is C12H10BrFN2O4. The van der Waals surface area contributed by atoms with Gasteiger partial charge < -0.3 is 10.2 Å². The van der Waals surface area contributed by atoms with Crippen LogP contribution in [0.2, 0.25) is 0 Å². The number of carboxylic acids is 1. The second-order valence-corrected chi connectivity index (χ2v) is 5.03. The highest BCUT2D eigenvalue weighted by Gasteiger charge is 2.37. The van der Waals surface area contributed by atoms with Gasteiger partial charge in [-0.25, -0.2) is 9.18 Å². The van der Waals surface area contributed by atoms with Gasteiger partial charge in [0.2, 0.25) is 0 Å². The number of nitrogens with zero attached hydrogens (tertiary/aromatic N) is 1. The van der Waals surface area contributed by atoms with Gasteiger partial charge in [0.25, 0.3) is 5.91 Å². The molecule has 2 rings (SSSR count). The average Bonchev–Trinajstić information content (AvgIpc) is 2.32. The Morgan fingerprint density at radius 3 is 2.70 bits per heavy atom. The third kappa shape index (κ3) is 2.34. The second kappa shape index (κ2) is 5.12. The van der Waals surface area contributed by atoms with Crippen LogP contribution in [0.25, 0.3) is 0 Å². The predicted molar refractivity (Wildman–Crippen MR) is 70.0 cm³/mol. The molecule has 20 heavy (non-hydrogen) atoms. The number of amides is 1. The molecule has 1 heterocycles. The fourth-order valence-electron chi connectivity index (χ4n) is 1.97. The van der Waals surface area contributed by atoms with Gasteiger partial charge in [-0.15, -0.1) is 0 Å². The van der Waals surface area contributed by atoms with Gasteiger partial charge in [0.15, 0.2) is 5.70 Å². The number of halogens is 2. The van der Waals surface area contributed by atoms with E-state index in [1.807, 2.05) is 0 Å². The number of hydrazine groups is 1. The number of nitrogens with one attached hydrogen (secondary N) is 1. The monoisotopic (exact) mass is 344 g/mol. The minimum absolute atomic E-state index is 0.160. The minimum atomic E-state index is -1.40. The van der Waals surface area contributed by atoms with Crippen molar-refractivity contribution in [1.82, 2.24) is 10.4 Å². The number of carbonyl (C=O) groups excluding carboxylic acids is 1. The standard InChI is InChI=1S/C12H10BrFN2O4/c1-16-9(12(19)20)10(17)8(11(18)15-16)5-2-3-6(13)7(14)4-5/h2-4,8,17H,1H3,(H,15,18)(H,19,20). The number of likely N-dealkylation sites (N-methyl/N-ethyl adjacent to an activating group) is 1. The number of hydrogen-bond acceptors (Lipinski definition) is 4. The maximum Gasteiger partial charge on any atom is 0.357 e. The van der Waals surface area contributed by atoms with Crippen molar-refractivity contribution in [3.8, 4) is 0 Å². The van der Waals surface area contributed by atoms with Gasteiger partial charge in [-0.1, -0.05) is 6.07 Å². The highest BCUT2D eigenvalue weighted by Crippen LogP contribution is 2.31. The lowest BCUT2D eigenvalue weighted by Crippen LogP contribution is -2.48. The van der Waals surface area contributed by atoms with E-state index >= 15 is 0 Å². The van der Waals surface area contributed by atoms with Gasteiger partial charge in [0.05, 0.1) is 4.47 Å². The molecule has 8 heteroatoms. The van der Waals surface area contributed by atoms with Crippen LogP contribution in [0.4, 0.5) is 4.39 Å². The molecule has 6 nitrogen and oxygen atoms in total. The van der Waals surface area contributed by atoms with E-state index in [0.29, 0.717) is 0 Å². The number of aliphatic hydroxyl groups excluding tert-OH is 1. The van der Waals surface area contributed by atoms with E-state index in [1.54, 1.807) is 0 Å². The van der Waals surface area contributed by atoms with Crippen molar-refractivity contribution in [3.63, 3.8) is 0 Å². The minimum Gasteiger partial charge on any atom is -0.509 e. The van der Waals surface area contributed by atoms with E-state index in [4.69, 9.17) is 5.11 Å². The second-order valence-electron chi connectivity index (χ2n) is 4.18. The van der Waals surface area contributed by atoms with E-state index in [0.717, 1.165) is 11.1 Å². The van der Waals surface area contributed by atoms with E-state index in [1.165, 1.54) is 19.2 Å². The molecule has 1 aliphatic rings. The van der Waals surface area contributed by atoms with Crippen molar-refractivity contribution >= 4 is 27.8 Å². The summed E-state index contributed by atoms with van der Waals surface area (Å²) in [6.45, 7) is 0. The summed E-state index contributed by atoms with van der Waals surface area (Å²) in [5, 5.41) is 20.0. The summed E-state index contributed by atoms with van der Waals surface area (Å²) in [5.41, 5.74) is 1.98. The number of rotatable bonds is 2. The van der Waals surface area contributed by atoms with E-state index in [9.17, 15) is 19.1 Å². The molecule has 0 saturated heterocycles.